The van der Waals surface area contributed by atoms with E-state index in [1.807, 2.05) is 25.3 Å². The number of furan rings is 1. The van der Waals surface area contributed by atoms with Gasteiger partial charge in [-0.1, -0.05) is 23.4 Å². The van der Waals surface area contributed by atoms with E-state index in [2.05, 4.69) is 33.6 Å². The maximum atomic E-state index is 12.3. The van der Waals surface area contributed by atoms with Crippen LogP contribution in [0.3, 0.4) is 0 Å². The average molecular weight is 450 g/mol. The topological polar surface area (TPSA) is 71.5 Å². The summed E-state index contributed by atoms with van der Waals surface area (Å²) in [7, 11) is 0. The van der Waals surface area contributed by atoms with Crippen LogP contribution >= 0.6 is 0 Å². The molecule has 176 valence electrons. The van der Waals surface area contributed by atoms with Crippen molar-refractivity contribution in [2.45, 2.75) is 70.3 Å². The summed E-state index contributed by atoms with van der Waals surface area (Å²) in [6, 6.07) is 10.5. The summed E-state index contributed by atoms with van der Waals surface area (Å²) in [5.74, 6) is 2.08. The Bertz CT molecular complexity index is 1060. The Balaban J connectivity index is 1.00. The van der Waals surface area contributed by atoms with Crippen LogP contribution in [-0.2, 0) is 11.2 Å². The molecule has 2 fully saturated rings. The molecule has 1 amide bonds. The fourth-order valence-electron chi connectivity index (χ4n) is 5.68. The van der Waals surface area contributed by atoms with E-state index in [-0.39, 0.29) is 12.3 Å². The number of carbonyl (C=O) groups is 1. The first kappa shape index (κ1) is 22.2. The smallest absolute Gasteiger partial charge is 0.227 e. The van der Waals surface area contributed by atoms with Gasteiger partial charge < -0.3 is 19.2 Å². The molecule has 1 N–H and O–H groups in total. The average Bonchev–Trinajstić information content (AvgIpc) is 3.45. The lowest BCUT2D eigenvalue weighted by Crippen LogP contribution is -2.39. The molecule has 1 saturated carbocycles. The molecular formula is C27H35N3O3. The molecule has 1 aliphatic heterocycles. The fourth-order valence-corrected chi connectivity index (χ4v) is 5.68. The third-order valence-corrected chi connectivity index (χ3v) is 7.62. The van der Waals surface area contributed by atoms with Gasteiger partial charge in [0, 0.05) is 23.1 Å². The van der Waals surface area contributed by atoms with E-state index in [9.17, 15) is 4.79 Å². The minimum absolute atomic E-state index is 0.0443. The van der Waals surface area contributed by atoms with Gasteiger partial charge in [-0.2, -0.15) is 0 Å². The molecule has 6 heteroatoms. The van der Waals surface area contributed by atoms with E-state index in [4.69, 9.17) is 8.94 Å². The van der Waals surface area contributed by atoms with Crippen LogP contribution in [0.4, 0.5) is 0 Å². The predicted molar refractivity (Wildman–Crippen MR) is 128 cm³/mol. The van der Waals surface area contributed by atoms with Crippen LogP contribution in [0.25, 0.3) is 11.0 Å². The molecule has 3 aromatic rings. The highest BCUT2D eigenvalue weighted by Crippen LogP contribution is 2.35. The Morgan fingerprint density at radius 3 is 2.67 bits per heavy atom. The van der Waals surface area contributed by atoms with Gasteiger partial charge in [0.15, 0.2) is 0 Å². The van der Waals surface area contributed by atoms with Crippen LogP contribution < -0.4 is 5.32 Å². The SMILES string of the molecule is Cc1cc(CC(=O)N[C@H]2CC[C@H](CCN3CCC(c4coc5ccccc45)CC3)CC2)on1. The van der Waals surface area contributed by atoms with Crippen molar-refractivity contribution in [3.05, 3.63) is 53.6 Å². The molecule has 0 unspecified atom stereocenters. The first-order valence-corrected chi connectivity index (χ1v) is 12.5. The normalized spacial score (nSPS) is 22.6. The Kier molecular flexibility index (Phi) is 6.81. The third kappa shape index (κ3) is 5.49. The van der Waals surface area contributed by atoms with Crippen molar-refractivity contribution in [3.63, 3.8) is 0 Å². The maximum Gasteiger partial charge on any atom is 0.227 e. The highest BCUT2D eigenvalue weighted by Gasteiger charge is 2.26. The van der Waals surface area contributed by atoms with Crippen molar-refractivity contribution in [1.82, 2.24) is 15.4 Å². The van der Waals surface area contributed by atoms with Crippen LogP contribution in [-0.4, -0.2) is 41.6 Å². The molecule has 1 saturated heterocycles. The number of rotatable bonds is 7. The zero-order valence-corrected chi connectivity index (χ0v) is 19.6. The summed E-state index contributed by atoms with van der Waals surface area (Å²) in [6.07, 6.45) is 10.6. The molecule has 1 aromatic carbocycles. The second-order valence-corrected chi connectivity index (χ2v) is 9.99. The number of carbonyl (C=O) groups excluding carboxylic acids is 1. The van der Waals surface area contributed by atoms with E-state index in [0.717, 1.165) is 30.0 Å². The number of para-hydroxylation sites is 1. The lowest BCUT2D eigenvalue weighted by atomic mass is 9.83. The zero-order chi connectivity index (χ0) is 22.6. The zero-order valence-electron chi connectivity index (χ0n) is 19.6. The number of fused-ring (bicyclic) bond motifs is 1. The van der Waals surface area contributed by atoms with Gasteiger partial charge in [-0.15, -0.1) is 0 Å². The lowest BCUT2D eigenvalue weighted by Gasteiger charge is -2.34. The summed E-state index contributed by atoms with van der Waals surface area (Å²) in [5.41, 5.74) is 3.22. The molecule has 5 rings (SSSR count). The van der Waals surface area contributed by atoms with Gasteiger partial charge in [0.2, 0.25) is 5.91 Å². The molecule has 0 atom stereocenters. The molecule has 2 aliphatic rings. The highest BCUT2D eigenvalue weighted by atomic mass is 16.5. The number of piperidine rings is 1. The van der Waals surface area contributed by atoms with Crippen molar-refractivity contribution in [1.29, 1.82) is 0 Å². The van der Waals surface area contributed by atoms with E-state index in [1.54, 1.807) is 0 Å². The van der Waals surface area contributed by atoms with Crippen LogP contribution in [0.15, 0.2) is 45.5 Å². The number of aromatic nitrogens is 1. The molecule has 3 heterocycles. The van der Waals surface area contributed by atoms with E-state index < -0.39 is 0 Å². The number of nitrogens with one attached hydrogen (secondary N) is 1. The molecule has 0 spiro atoms. The molecule has 0 radical (unpaired) electrons. The molecule has 0 bridgehead atoms. The highest BCUT2D eigenvalue weighted by molar-refractivity contribution is 5.81. The van der Waals surface area contributed by atoms with E-state index in [1.165, 1.54) is 62.7 Å². The number of nitrogens with zero attached hydrogens (tertiary/aromatic N) is 2. The Hall–Kier alpha value is -2.60. The van der Waals surface area contributed by atoms with Gasteiger partial charge in [-0.25, -0.2) is 0 Å². The maximum absolute atomic E-state index is 12.3. The summed E-state index contributed by atoms with van der Waals surface area (Å²) in [4.78, 5) is 14.9. The molecule has 2 aromatic heterocycles. The first-order valence-electron chi connectivity index (χ1n) is 12.5. The van der Waals surface area contributed by atoms with Crippen molar-refractivity contribution in [2.24, 2.45) is 5.92 Å². The first-order chi connectivity index (χ1) is 16.1. The molecular weight excluding hydrogens is 414 g/mol. The predicted octanol–water partition coefficient (Wildman–Crippen LogP) is 5.22. The van der Waals surface area contributed by atoms with Crippen LogP contribution in [0.5, 0.6) is 0 Å². The second kappa shape index (κ2) is 10.1. The number of benzene rings is 1. The number of hydrogen-bond acceptors (Lipinski definition) is 5. The Labute approximate surface area is 195 Å². The minimum atomic E-state index is 0.0443. The van der Waals surface area contributed by atoms with Crippen molar-refractivity contribution < 1.29 is 13.7 Å². The van der Waals surface area contributed by atoms with Gasteiger partial charge >= 0.3 is 0 Å². The number of amides is 1. The second-order valence-electron chi connectivity index (χ2n) is 9.99. The summed E-state index contributed by atoms with van der Waals surface area (Å²) in [5, 5.41) is 8.33. The molecule has 1 aliphatic carbocycles. The summed E-state index contributed by atoms with van der Waals surface area (Å²) in [6.45, 7) is 5.43. The third-order valence-electron chi connectivity index (χ3n) is 7.62. The van der Waals surface area contributed by atoms with Crippen LogP contribution in [0.2, 0.25) is 0 Å². The van der Waals surface area contributed by atoms with Crippen molar-refractivity contribution >= 4 is 16.9 Å². The van der Waals surface area contributed by atoms with Gasteiger partial charge in [-0.05, 0) is 89.4 Å². The van der Waals surface area contributed by atoms with Gasteiger partial charge in [0.1, 0.15) is 11.3 Å². The summed E-state index contributed by atoms with van der Waals surface area (Å²) >= 11 is 0. The minimum Gasteiger partial charge on any atom is -0.464 e. The number of hydrogen-bond donors (Lipinski definition) is 1. The number of aryl methyl sites for hydroxylation is 1. The van der Waals surface area contributed by atoms with Crippen LogP contribution in [0.1, 0.15) is 67.9 Å². The number of likely N-dealkylation sites (tertiary alicyclic amines) is 1. The van der Waals surface area contributed by atoms with Gasteiger partial charge in [0.05, 0.1) is 18.4 Å². The molecule has 33 heavy (non-hydrogen) atoms. The van der Waals surface area contributed by atoms with Crippen molar-refractivity contribution in [3.8, 4) is 0 Å². The van der Waals surface area contributed by atoms with E-state index >= 15 is 0 Å². The Morgan fingerprint density at radius 1 is 1.12 bits per heavy atom. The largest absolute Gasteiger partial charge is 0.464 e. The standard InChI is InChI=1S/C27H35N3O3/c1-19-16-23(33-29-19)17-27(31)28-22-8-6-20(7-9-22)10-13-30-14-11-21(12-15-30)25-18-32-26-5-3-2-4-24(25)26/h2-5,16,18,20-22H,6-15,17H2,1H3,(H,28,31)/t20-,22-. The Morgan fingerprint density at radius 2 is 1.91 bits per heavy atom. The lowest BCUT2D eigenvalue weighted by molar-refractivity contribution is -0.121. The van der Waals surface area contributed by atoms with Crippen LogP contribution in [0, 0.1) is 12.8 Å². The van der Waals surface area contributed by atoms with Gasteiger partial charge in [0.25, 0.3) is 0 Å². The quantitative estimate of drug-likeness (QED) is 0.536. The van der Waals surface area contributed by atoms with Crippen molar-refractivity contribution in [2.75, 3.05) is 19.6 Å². The van der Waals surface area contributed by atoms with E-state index in [0.29, 0.717) is 17.7 Å². The van der Waals surface area contributed by atoms with Gasteiger partial charge in [-0.3, -0.25) is 4.79 Å². The monoisotopic (exact) mass is 449 g/mol. The molecule has 6 nitrogen and oxygen atoms in total. The fraction of sp³-hybridized carbons (Fsp3) is 0.556. The summed E-state index contributed by atoms with van der Waals surface area (Å²) < 4.78 is 10.9.